The SMILES string of the molecule is CCc1c(Cl)ncnc1-n1cc(C)cn1. The van der Waals surface area contributed by atoms with Gasteiger partial charge in [0, 0.05) is 11.8 Å². The summed E-state index contributed by atoms with van der Waals surface area (Å²) in [6, 6.07) is 0. The van der Waals surface area contributed by atoms with Gasteiger partial charge in [-0.25, -0.2) is 14.6 Å². The number of hydrogen-bond donors (Lipinski definition) is 0. The van der Waals surface area contributed by atoms with Crippen LogP contribution >= 0.6 is 11.6 Å². The molecule has 0 saturated heterocycles. The summed E-state index contributed by atoms with van der Waals surface area (Å²) in [6.07, 6.45) is 5.94. The molecular weight excluding hydrogens is 212 g/mol. The Balaban J connectivity index is 2.57. The van der Waals surface area contributed by atoms with Crippen LogP contribution < -0.4 is 0 Å². The van der Waals surface area contributed by atoms with Gasteiger partial charge in [0.05, 0.1) is 6.20 Å². The fourth-order valence-electron chi connectivity index (χ4n) is 1.41. The van der Waals surface area contributed by atoms with E-state index < -0.39 is 0 Å². The van der Waals surface area contributed by atoms with Gasteiger partial charge in [0.15, 0.2) is 5.82 Å². The molecule has 2 aromatic rings. The molecule has 0 fully saturated rings. The minimum atomic E-state index is 0.496. The molecule has 0 saturated carbocycles. The molecule has 0 unspecified atom stereocenters. The molecule has 0 radical (unpaired) electrons. The van der Waals surface area contributed by atoms with Crippen LogP contribution in [0.5, 0.6) is 0 Å². The Hall–Kier alpha value is -1.42. The fraction of sp³-hybridized carbons (Fsp3) is 0.300. The summed E-state index contributed by atoms with van der Waals surface area (Å²) in [5.74, 6) is 0.755. The first-order valence-electron chi connectivity index (χ1n) is 4.73. The Morgan fingerprint density at radius 2 is 2.20 bits per heavy atom. The second kappa shape index (κ2) is 3.98. The normalized spacial score (nSPS) is 10.6. The van der Waals surface area contributed by atoms with E-state index in [1.54, 1.807) is 10.9 Å². The highest BCUT2D eigenvalue weighted by molar-refractivity contribution is 6.30. The smallest absolute Gasteiger partial charge is 0.161 e. The Morgan fingerprint density at radius 1 is 1.40 bits per heavy atom. The predicted molar refractivity (Wildman–Crippen MR) is 58.3 cm³/mol. The maximum absolute atomic E-state index is 5.99. The summed E-state index contributed by atoms with van der Waals surface area (Å²) >= 11 is 5.99. The zero-order valence-corrected chi connectivity index (χ0v) is 9.36. The summed E-state index contributed by atoms with van der Waals surface area (Å²) in [4.78, 5) is 8.15. The molecule has 2 aromatic heterocycles. The van der Waals surface area contributed by atoms with Crippen molar-refractivity contribution in [2.24, 2.45) is 0 Å². The largest absolute Gasteiger partial charge is 0.224 e. The average molecular weight is 223 g/mol. The molecule has 4 nitrogen and oxygen atoms in total. The fourth-order valence-corrected chi connectivity index (χ4v) is 1.67. The van der Waals surface area contributed by atoms with Crippen LogP contribution in [0, 0.1) is 6.92 Å². The van der Waals surface area contributed by atoms with Gasteiger partial charge < -0.3 is 0 Å². The minimum absolute atomic E-state index is 0.496. The van der Waals surface area contributed by atoms with E-state index in [0.29, 0.717) is 5.15 Å². The van der Waals surface area contributed by atoms with Crippen molar-refractivity contribution in [3.05, 3.63) is 35.0 Å². The molecule has 0 aromatic carbocycles. The lowest BCUT2D eigenvalue weighted by Gasteiger charge is -2.06. The monoisotopic (exact) mass is 222 g/mol. The molecule has 15 heavy (non-hydrogen) atoms. The highest BCUT2D eigenvalue weighted by atomic mass is 35.5. The van der Waals surface area contributed by atoms with Crippen LogP contribution in [0.1, 0.15) is 18.1 Å². The van der Waals surface area contributed by atoms with E-state index in [0.717, 1.165) is 23.4 Å². The molecule has 0 aliphatic heterocycles. The van der Waals surface area contributed by atoms with Crippen molar-refractivity contribution < 1.29 is 0 Å². The van der Waals surface area contributed by atoms with E-state index in [1.807, 2.05) is 20.0 Å². The van der Waals surface area contributed by atoms with Crippen molar-refractivity contribution in [3.8, 4) is 5.82 Å². The van der Waals surface area contributed by atoms with Gasteiger partial charge in [0.1, 0.15) is 11.5 Å². The van der Waals surface area contributed by atoms with Crippen molar-refractivity contribution in [1.82, 2.24) is 19.7 Å². The maximum Gasteiger partial charge on any atom is 0.161 e. The Kier molecular flexibility index (Phi) is 2.68. The lowest BCUT2D eigenvalue weighted by atomic mass is 10.2. The molecule has 5 heteroatoms. The number of aromatic nitrogens is 4. The molecule has 0 aliphatic carbocycles. The van der Waals surface area contributed by atoms with E-state index in [1.165, 1.54) is 6.33 Å². The average Bonchev–Trinajstić information content (AvgIpc) is 2.64. The molecule has 0 bridgehead atoms. The van der Waals surface area contributed by atoms with Crippen LogP contribution in [0.25, 0.3) is 5.82 Å². The number of halogens is 1. The summed E-state index contributed by atoms with van der Waals surface area (Å²) in [6.45, 7) is 4.00. The van der Waals surface area contributed by atoms with E-state index in [2.05, 4.69) is 15.1 Å². The number of aryl methyl sites for hydroxylation is 1. The summed E-state index contributed by atoms with van der Waals surface area (Å²) in [5, 5.41) is 4.70. The highest BCUT2D eigenvalue weighted by Gasteiger charge is 2.10. The van der Waals surface area contributed by atoms with E-state index in [9.17, 15) is 0 Å². The first-order chi connectivity index (χ1) is 7.22. The van der Waals surface area contributed by atoms with Crippen LogP contribution in [-0.4, -0.2) is 19.7 Å². The molecule has 78 valence electrons. The highest BCUT2D eigenvalue weighted by Crippen LogP contribution is 2.18. The van der Waals surface area contributed by atoms with Crippen molar-refractivity contribution in [2.45, 2.75) is 20.3 Å². The third-order valence-electron chi connectivity index (χ3n) is 2.15. The van der Waals surface area contributed by atoms with Crippen LogP contribution in [0.3, 0.4) is 0 Å². The number of rotatable bonds is 2. The predicted octanol–water partition coefficient (Wildman–Crippen LogP) is 2.19. The van der Waals surface area contributed by atoms with Crippen LogP contribution in [-0.2, 0) is 6.42 Å². The summed E-state index contributed by atoms with van der Waals surface area (Å²) in [5.41, 5.74) is 2.01. The van der Waals surface area contributed by atoms with Gasteiger partial charge in [-0.2, -0.15) is 5.10 Å². The minimum Gasteiger partial charge on any atom is -0.224 e. The third kappa shape index (κ3) is 1.85. The van der Waals surface area contributed by atoms with Crippen molar-refractivity contribution >= 4 is 11.6 Å². The zero-order chi connectivity index (χ0) is 10.8. The summed E-state index contributed by atoms with van der Waals surface area (Å²) in [7, 11) is 0. The van der Waals surface area contributed by atoms with Crippen molar-refractivity contribution in [2.75, 3.05) is 0 Å². The quantitative estimate of drug-likeness (QED) is 0.732. The molecule has 2 rings (SSSR count). The molecule has 2 heterocycles. The summed E-state index contributed by atoms with van der Waals surface area (Å²) < 4.78 is 1.72. The molecule has 0 atom stereocenters. The Labute approximate surface area is 92.9 Å². The topological polar surface area (TPSA) is 43.6 Å². The van der Waals surface area contributed by atoms with E-state index in [4.69, 9.17) is 11.6 Å². The van der Waals surface area contributed by atoms with Gasteiger partial charge in [0.25, 0.3) is 0 Å². The number of nitrogens with zero attached hydrogens (tertiary/aromatic N) is 4. The van der Waals surface area contributed by atoms with Crippen LogP contribution in [0.15, 0.2) is 18.7 Å². The Morgan fingerprint density at radius 3 is 2.80 bits per heavy atom. The maximum atomic E-state index is 5.99. The van der Waals surface area contributed by atoms with Gasteiger partial charge in [-0.1, -0.05) is 18.5 Å². The molecular formula is C10H11ClN4. The van der Waals surface area contributed by atoms with E-state index in [-0.39, 0.29) is 0 Å². The number of hydrogen-bond acceptors (Lipinski definition) is 3. The standard InChI is InChI=1S/C10H11ClN4/c1-3-8-9(11)12-6-13-10(8)15-5-7(2)4-14-15/h4-6H,3H2,1-2H3. The molecule has 0 N–H and O–H groups in total. The van der Waals surface area contributed by atoms with Crippen LogP contribution in [0.4, 0.5) is 0 Å². The molecule has 0 spiro atoms. The lowest BCUT2D eigenvalue weighted by molar-refractivity contribution is 0.817. The van der Waals surface area contributed by atoms with Crippen molar-refractivity contribution in [1.29, 1.82) is 0 Å². The second-order valence-electron chi connectivity index (χ2n) is 3.28. The zero-order valence-electron chi connectivity index (χ0n) is 8.61. The molecule has 0 aliphatic rings. The van der Waals surface area contributed by atoms with Gasteiger partial charge in [-0.15, -0.1) is 0 Å². The van der Waals surface area contributed by atoms with Gasteiger partial charge >= 0.3 is 0 Å². The second-order valence-corrected chi connectivity index (χ2v) is 3.64. The third-order valence-corrected chi connectivity index (χ3v) is 2.48. The molecule has 0 amide bonds. The van der Waals surface area contributed by atoms with Crippen LogP contribution in [0.2, 0.25) is 5.15 Å². The Bertz CT molecular complexity index is 478. The van der Waals surface area contributed by atoms with Crippen molar-refractivity contribution in [3.63, 3.8) is 0 Å². The first-order valence-corrected chi connectivity index (χ1v) is 5.11. The van der Waals surface area contributed by atoms with Gasteiger partial charge in [0.2, 0.25) is 0 Å². The van der Waals surface area contributed by atoms with Gasteiger partial charge in [-0.05, 0) is 18.9 Å². The lowest BCUT2D eigenvalue weighted by Crippen LogP contribution is -2.04. The van der Waals surface area contributed by atoms with E-state index >= 15 is 0 Å². The van der Waals surface area contributed by atoms with Gasteiger partial charge in [-0.3, -0.25) is 0 Å². The first kappa shape index (κ1) is 10.1.